The molecule has 1 fully saturated rings. The van der Waals surface area contributed by atoms with Gasteiger partial charge in [0.25, 0.3) is 0 Å². The molecule has 0 amide bonds. The minimum Gasteiger partial charge on any atom is -0.463 e. The van der Waals surface area contributed by atoms with Gasteiger partial charge >= 0.3 is 12.1 Å². The van der Waals surface area contributed by atoms with Crippen molar-refractivity contribution >= 4 is 17.7 Å². The molecule has 4 rings (SSSR count). The molecule has 1 aliphatic rings. The predicted octanol–water partition coefficient (Wildman–Crippen LogP) is 4.94. The number of benzene rings is 1. The Morgan fingerprint density at radius 1 is 1.12 bits per heavy atom. The third kappa shape index (κ3) is 5.41. The topological polar surface area (TPSA) is 73.4 Å². The second-order valence-electron chi connectivity index (χ2n) is 7.63. The third-order valence-electron chi connectivity index (χ3n) is 5.36. The van der Waals surface area contributed by atoms with E-state index in [1.165, 1.54) is 41.6 Å². The van der Waals surface area contributed by atoms with E-state index in [-0.39, 0.29) is 17.2 Å². The molecule has 0 saturated carbocycles. The lowest BCUT2D eigenvalue weighted by atomic mass is 10.1. The quantitative estimate of drug-likeness (QED) is 0.350. The van der Waals surface area contributed by atoms with Gasteiger partial charge in [0.15, 0.2) is 11.0 Å². The minimum atomic E-state index is -4.53. The maximum Gasteiger partial charge on any atom is 0.418 e. The van der Waals surface area contributed by atoms with Gasteiger partial charge in [-0.15, -0.1) is 10.2 Å². The van der Waals surface area contributed by atoms with E-state index >= 15 is 0 Å². The van der Waals surface area contributed by atoms with E-state index in [4.69, 9.17) is 4.42 Å². The number of aromatic nitrogens is 3. The molecule has 1 saturated heterocycles. The van der Waals surface area contributed by atoms with E-state index in [1.54, 1.807) is 12.1 Å². The van der Waals surface area contributed by atoms with Crippen molar-refractivity contribution in [2.45, 2.75) is 42.9 Å². The second-order valence-corrected chi connectivity index (χ2v) is 8.57. The fourth-order valence-electron chi connectivity index (χ4n) is 3.77. The third-order valence-corrected chi connectivity index (χ3v) is 6.31. The van der Waals surface area contributed by atoms with Crippen molar-refractivity contribution in [3.05, 3.63) is 59.3 Å². The van der Waals surface area contributed by atoms with Crippen molar-refractivity contribution in [3.8, 4) is 5.69 Å². The Labute approximate surface area is 192 Å². The first-order valence-electron chi connectivity index (χ1n) is 10.5. The zero-order chi connectivity index (χ0) is 23.4. The number of hydrogen-bond donors (Lipinski definition) is 0. The van der Waals surface area contributed by atoms with Crippen LogP contribution < -0.4 is 0 Å². The van der Waals surface area contributed by atoms with E-state index < -0.39 is 17.7 Å². The smallest absolute Gasteiger partial charge is 0.418 e. The SMILES string of the molecule is COC(=O)c1ccc(CSc2nnc(CN3CCCCC3)n2-c2ccccc2C(F)(F)F)o1. The Morgan fingerprint density at radius 2 is 1.88 bits per heavy atom. The number of rotatable bonds is 7. The molecule has 2 aromatic heterocycles. The van der Waals surface area contributed by atoms with Gasteiger partial charge < -0.3 is 9.15 Å². The van der Waals surface area contributed by atoms with E-state index in [0.29, 0.717) is 23.3 Å². The zero-order valence-electron chi connectivity index (χ0n) is 18.0. The largest absolute Gasteiger partial charge is 0.463 e. The molecule has 176 valence electrons. The highest BCUT2D eigenvalue weighted by Gasteiger charge is 2.35. The molecule has 0 N–H and O–H groups in total. The monoisotopic (exact) mass is 480 g/mol. The summed E-state index contributed by atoms with van der Waals surface area (Å²) in [6, 6.07) is 8.54. The molecule has 0 atom stereocenters. The molecule has 0 spiro atoms. The Bertz CT molecular complexity index is 1110. The molecule has 0 unspecified atom stereocenters. The highest BCUT2D eigenvalue weighted by atomic mass is 32.2. The Morgan fingerprint density at radius 3 is 2.61 bits per heavy atom. The second kappa shape index (κ2) is 10.0. The number of hydrogen-bond acceptors (Lipinski definition) is 7. The number of carbonyl (C=O) groups is 1. The number of furan rings is 1. The fraction of sp³-hybridized carbons (Fsp3) is 0.409. The van der Waals surface area contributed by atoms with Crippen molar-refractivity contribution in [1.29, 1.82) is 0 Å². The maximum atomic E-state index is 13.8. The van der Waals surface area contributed by atoms with Crippen LogP contribution in [0.5, 0.6) is 0 Å². The van der Waals surface area contributed by atoms with E-state index in [1.807, 2.05) is 0 Å². The fourth-order valence-corrected chi connectivity index (χ4v) is 4.62. The molecule has 7 nitrogen and oxygen atoms in total. The van der Waals surface area contributed by atoms with Crippen LogP contribution in [0.1, 0.15) is 47.0 Å². The molecular weight excluding hydrogens is 457 g/mol. The van der Waals surface area contributed by atoms with Crippen molar-refractivity contribution in [2.75, 3.05) is 20.2 Å². The molecule has 11 heteroatoms. The van der Waals surface area contributed by atoms with Crippen molar-refractivity contribution in [2.24, 2.45) is 0 Å². The summed E-state index contributed by atoms with van der Waals surface area (Å²) in [7, 11) is 1.25. The Hall–Kier alpha value is -2.79. The average molecular weight is 481 g/mol. The molecule has 0 aliphatic carbocycles. The van der Waals surface area contributed by atoms with Crippen LogP contribution in [0.25, 0.3) is 5.69 Å². The van der Waals surface area contributed by atoms with Crippen LogP contribution in [-0.2, 0) is 23.2 Å². The number of methoxy groups -OCH3 is 1. The summed E-state index contributed by atoms with van der Waals surface area (Å²) in [6.45, 7) is 2.16. The first-order chi connectivity index (χ1) is 15.9. The number of alkyl halides is 3. The summed E-state index contributed by atoms with van der Waals surface area (Å²) < 4.78 is 53.0. The van der Waals surface area contributed by atoms with Crippen LogP contribution >= 0.6 is 11.8 Å². The summed E-state index contributed by atoms with van der Waals surface area (Å²) >= 11 is 1.19. The lowest BCUT2D eigenvalue weighted by molar-refractivity contribution is -0.137. The molecule has 0 bridgehead atoms. The lowest BCUT2D eigenvalue weighted by Crippen LogP contribution is -2.30. The number of thioether (sulfide) groups is 1. The van der Waals surface area contributed by atoms with Crippen LogP contribution in [-0.4, -0.2) is 45.8 Å². The average Bonchev–Trinajstić information content (AvgIpc) is 3.44. The summed E-state index contributed by atoms with van der Waals surface area (Å²) in [5.41, 5.74) is -0.767. The van der Waals surface area contributed by atoms with Crippen LogP contribution in [0.3, 0.4) is 0 Å². The van der Waals surface area contributed by atoms with Gasteiger partial charge in [-0.25, -0.2) is 4.79 Å². The van der Waals surface area contributed by atoms with Gasteiger partial charge in [-0.1, -0.05) is 30.3 Å². The molecule has 0 radical (unpaired) electrons. The number of ether oxygens (including phenoxy) is 1. The highest BCUT2D eigenvalue weighted by Crippen LogP contribution is 2.36. The van der Waals surface area contributed by atoms with Crippen molar-refractivity contribution < 1.29 is 27.1 Å². The van der Waals surface area contributed by atoms with Gasteiger partial charge in [0.2, 0.25) is 5.76 Å². The number of nitrogens with zero attached hydrogens (tertiary/aromatic N) is 4. The molecule has 33 heavy (non-hydrogen) atoms. The van der Waals surface area contributed by atoms with Gasteiger partial charge in [-0.3, -0.25) is 9.47 Å². The molecular formula is C22H23F3N4O3S. The summed E-state index contributed by atoms with van der Waals surface area (Å²) in [5, 5.41) is 8.76. The number of halogens is 3. The lowest BCUT2D eigenvalue weighted by Gasteiger charge is -2.26. The van der Waals surface area contributed by atoms with E-state index in [0.717, 1.165) is 38.4 Å². The number of likely N-dealkylation sites (tertiary alicyclic amines) is 1. The van der Waals surface area contributed by atoms with Gasteiger partial charge in [0.1, 0.15) is 5.76 Å². The predicted molar refractivity (Wildman–Crippen MR) is 115 cm³/mol. The first-order valence-corrected chi connectivity index (χ1v) is 11.5. The van der Waals surface area contributed by atoms with Crippen molar-refractivity contribution in [3.63, 3.8) is 0 Å². The number of esters is 1. The highest BCUT2D eigenvalue weighted by molar-refractivity contribution is 7.98. The Balaban J connectivity index is 1.66. The van der Waals surface area contributed by atoms with Gasteiger partial charge in [0.05, 0.1) is 30.7 Å². The molecule has 3 aromatic rings. The summed E-state index contributed by atoms with van der Waals surface area (Å²) in [4.78, 5) is 13.8. The van der Waals surface area contributed by atoms with E-state index in [9.17, 15) is 18.0 Å². The normalized spacial score (nSPS) is 15.0. The summed E-state index contributed by atoms with van der Waals surface area (Å²) in [5.74, 6) is 0.634. The van der Waals surface area contributed by atoms with Crippen molar-refractivity contribution in [1.82, 2.24) is 19.7 Å². The molecule has 1 aliphatic heterocycles. The number of para-hydroxylation sites is 1. The number of piperidine rings is 1. The molecule has 3 heterocycles. The van der Waals surface area contributed by atoms with Gasteiger partial charge in [0, 0.05) is 0 Å². The minimum absolute atomic E-state index is 0.0146. The standard InChI is InChI=1S/C22H23F3N4O3S/c1-31-20(30)18-10-9-15(32-18)14-33-21-27-26-19(13-28-11-5-2-6-12-28)29(21)17-8-4-3-7-16(17)22(23,24)25/h3-4,7-10H,2,5-6,11-14H2,1H3. The van der Waals surface area contributed by atoms with Crippen LogP contribution in [0.2, 0.25) is 0 Å². The zero-order valence-corrected chi connectivity index (χ0v) is 18.8. The van der Waals surface area contributed by atoms with Gasteiger partial charge in [-0.2, -0.15) is 13.2 Å². The Kier molecular flexibility index (Phi) is 7.08. The van der Waals surface area contributed by atoms with Crippen LogP contribution in [0.4, 0.5) is 13.2 Å². The number of carbonyl (C=O) groups excluding carboxylic acids is 1. The van der Waals surface area contributed by atoms with Gasteiger partial charge in [-0.05, 0) is 50.2 Å². The summed E-state index contributed by atoms with van der Waals surface area (Å²) in [6.07, 6.45) is -1.27. The van der Waals surface area contributed by atoms with Crippen LogP contribution in [0, 0.1) is 0 Å². The maximum absolute atomic E-state index is 13.8. The van der Waals surface area contributed by atoms with E-state index in [2.05, 4.69) is 19.8 Å². The first kappa shape index (κ1) is 23.4. The molecule has 1 aromatic carbocycles. The van der Waals surface area contributed by atoms with Crippen LogP contribution in [0.15, 0.2) is 46.0 Å².